The molecule has 1 aliphatic heterocycles. The third-order valence-corrected chi connectivity index (χ3v) is 6.27. The maximum Gasteiger partial charge on any atom is 0.325 e. The second kappa shape index (κ2) is 13.5. The van der Waals surface area contributed by atoms with Gasteiger partial charge in [0, 0.05) is 25.7 Å². The molecule has 210 valence electrons. The van der Waals surface area contributed by atoms with Crippen molar-refractivity contribution in [3.05, 3.63) is 47.9 Å². The summed E-state index contributed by atoms with van der Waals surface area (Å²) < 4.78 is 19.9. The van der Waals surface area contributed by atoms with Gasteiger partial charge >= 0.3 is 12.0 Å². The number of carboxylic acid groups (broad SMARTS) is 1. The van der Waals surface area contributed by atoms with Gasteiger partial charge in [-0.1, -0.05) is 19.9 Å². The number of amides is 4. The van der Waals surface area contributed by atoms with E-state index in [0.29, 0.717) is 37.2 Å². The fourth-order valence-electron chi connectivity index (χ4n) is 4.46. The number of nitrogens with zero attached hydrogens (tertiary/aromatic N) is 3. The van der Waals surface area contributed by atoms with Crippen LogP contribution in [0.3, 0.4) is 0 Å². The third kappa shape index (κ3) is 8.39. The molecular formula is C27H34FN5O6. The number of ether oxygens (including phenoxy) is 1. The number of aromatic nitrogens is 1. The number of rotatable bonds is 11. The molecule has 1 fully saturated rings. The molecule has 39 heavy (non-hydrogen) atoms. The molecule has 1 atom stereocenters. The molecule has 1 aromatic carbocycles. The van der Waals surface area contributed by atoms with E-state index in [0.717, 1.165) is 0 Å². The first-order valence-electron chi connectivity index (χ1n) is 12.7. The minimum Gasteiger partial charge on any atom is -0.493 e. The number of carboxylic acids is 1. The van der Waals surface area contributed by atoms with Gasteiger partial charge in [0.25, 0.3) is 0 Å². The Hall–Kier alpha value is -4.22. The van der Waals surface area contributed by atoms with E-state index in [9.17, 15) is 23.6 Å². The maximum absolute atomic E-state index is 14.8. The predicted octanol–water partition coefficient (Wildman–Crippen LogP) is 3.37. The molecule has 12 heteroatoms. The summed E-state index contributed by atoms with van der Waals surface area (Å²) in [6.07, 6.45) is 2.34. The van der Waals surface area contributed by atoms with Crippen LogP contribution in [-0.2, 0) is 20.8 Å². The van der Waals surface area contributed by atoms with Crippen molar-refractivity contribution in [3.63, 3.8) is 0 Å². The first-order chi connectivity index (χ1) is 18.6. The summed E-state index contributed by atoms with van der Waals surface area (Å²) in [4.78, 5) is 56.3. The maximum atomic E-state index is 14.8. The number of hydrogen-bond acceptors (Lipinski definition) is 6. The van der Waals surface area contributed by atoms with Crippen molar-refractivity contribution in [2.24, 2.45) is 5.92 Å². The van der Waals surface area contributed by atoms with Crippen molar-refractivity contribution in [1.29, 1.82) is 0 Å². The predicted molar refractivity (Wildman–Crippen MR) is 142 cm³/mol. The second-order valence-corrected chi connectivity index (χ2v) is 9.77. The summed E-state index contributed by atoms with van der Waals surface area (Å²) in [6, 6.07) is 6.41. The summed E-state index contributed by atoms with van der Waals surface area (Å²) in [6.45, 7) is 4.59. The largest absolute Gasteiger partial charge is 0.493 e. The lowest BCUT2D eigenvalue weighted by atomic mass is 9.98. The summed E-state index contributed by atoms with van der Waals surface area (Å²) in [5.41, 5.74) is 0.316. The minimum atomic E-state index is -0.919. The topological polar surface area (TPSA) is 141 Å². The van der Waals surface area contributed by atoms with Crippen molar-refractivity contribution >= 4 is 35.3 Å². The van der Waals surface area contributed by atoms with E-state index in [1.165, 1.54) is 30.3 Å². The Kier molecular flexibility index (Phi) is 10.2. The number of anilines is 2. The highest BCUT2D eigenvalue weighted by Crippen LogP contribution is 2.23. The van der Waals surface area contributed by atoms with Crippen molar-refractivity contribution in [2.45, 2.75) is 45.6 Å². The van der Waals surface area contributed by atoms with Crippen molar-refractivity contribution in [3.8, 4) is 5.75 Å². The Labute approximate surface area is 226 Å². The van der Waals surface area contributed by atoms with Crippen LogP contribution in [0.4, 0.5) is 20.7 Å². The van der Waals surface area contributed by atoms with Crippen molar-refractivity contribution in [1.82, 2.24) is 14.8 Å². The Morgan fingerprint density at radius 3 is 2.67 bits per heavy atom. The fourth-order valence-corrected chi connectivity index (χ4v) is 4.46. The average Bonchev–Trinajstić information content (AvgIpc) is 2.87. The first-order valence-corrected chi connectivity index (χ1v) is 12.7. The van der Waals surface area contributed by atoms with Gasteiger partial charge in [0.1, 0.15) is 12.4 Å². The standard InChI is InChI=1S/C27H34FN5O6/c1-17(2)12-19-15-32(11-5-7-25(36)37)24(35)16-33(19)23(34)14-18-8-9-21(20(28)13-18)30-27(38)31-26-22(39-3)6-4-10-29-26/h4,6,8-10,13,17,19H,5,7,11-12,14-16H2,1-3H3,(H,36,37)(H2,29,30,31,38). The van der Waals surface area contributed by atoms with Crippen LogP contribution in [0.2, 0.25) is 0 Å². The van der Waals surface area contributed by atoms with Crippen LogP contribution in [-0.4, -0.2) is 76.5 Å². The molecule has 11 nitrogen and oxygen atoms in total. The smallest absolute Gasteiger partial charge is 0.325 e. The van der Waals surface area contributed by atoms with Gasteiger partial charge in [-0.25, -0.2) is 14.2 Å². The normalized spacial score (nSPS) is 15.3. The van der Waals surface area contributed by atoms with E-state index in [2.05, 4.69) is 15.6 Å². The first kappa shape index (κ1) is 29.3. The molecule has 1 saturated heterocycles. The molecule has 3 N–H and O–H groups in total. The number of benzene rings is 1. The van der Waals surface area contributed by atoms with Crippen LogP contribution < -0.4 is 15.4 Å². The molecule has 0 spiro atoms. The number of urea groups is 1. The van der Waals surface area contributed by atoms with Gasteiger partial charge < -0.3 is 25.0 Å². The molecule has 4 amide bonds. The fraction of sp³-hybridized carbons (Fsp3) is 0.444. The van der Waals surface area contributed by atoms with Gasteiger partial charge in [-0.05, 0) is 48.6 Å². The highest BCUT2D eigenvalue weighted by molar-refractivity contribution is 6.00. The number of carbonyl (C=O) groups is 4. The van der Waals surface area contributed by atoms with E-state index in [1.54, 1.807) is 23.1 Å². The van der Waals surface area contributed by atoms with Gasteiger partial charge in [0.05, 0.1) is 25.3 Å². The zero-order chi connectivity index (χ0) is 28.5. The van der Waals surface area contributed by atoms with Gasteiger partial charge in [-0.2, -0.15) is 0 Å². The number of carbonyl (C=O) groups excluding carboxylic acids is 3. The van der Waals surface area contributed by atoms with Crippen molar-refractivity contribution < 1.29 is 33.4 Å². The van der Waals surface area contributed by atoms with Crippen LogP contribution in [0.5, 0.6) is 5.75 Å². The van der Waals surface area contributed by atoms with Crippen LogP contribution in [0.1, 0.15) is 38.7 Å². The molecular weight excluding hydrogens is 509 g/mol. The summed E-state index contributed by atoms with van der Waals surface area (Å²) in [7, 11) is 1.43. The molecule has 1 aromatic heterocycles. The number of hydrogen-bond donors (Lipinski definition) is 3. The quantitative estimate of drug-likeness (QED) is 0.395. The SMILES string of the molecule is COc1cccnc1NC(=O)Nc1ccc(CC(=O)N2CC(=O)N(CCCC(=O)O)CC2CC(C)C)cc1F. The lowest BCUT2D eigenvalue weighted by Gasteiger charge is -2.42. The highest BCUT2D eigenvalue weighted by atomic mass is 19.1. The van der Waals surface area contributed by atoms with Gasteiger partial charge in [0.2, 0.25) is 11.8 Å². The third-order valence-electron chi connectivity index (χ3n) is 6.27. The number of pyridine rings is 1. The molecule has 0 saturated carbocycles. The molecule has 0 radical (unpaired) electrons. The minimum absolute atomic E-state index is 0.0311. The number of nitrogens with one attached hydrogen (secondary N) is 2. The molecule has 0 bridgehead atoms. The monoisotopic (exact) mass is 543 g/mol. The summed E-state index contributed by atoms with van der Waals surface area (Å²) in [5, 5.41) is 13.8. The number of piperazine rings is 1. The second-order valence-electron chi connectivity index (χ2n) is 9.77. The van der Waals surface area contributed by atoms with Gasteiger partial charge in [0.15, 0.2) is 11.6 Å². The Morgan fingerprint density at radius 1 is 1.23 bits per heavy atom. The van der Waals surface area contributed by atoms with E-state index in [4.69, 9.17) is 9.84 Å². The van der Waals surface area contributed by atoms with Crippen LogP contribution in [0, 0.1) is 11.7 Å². The molecule has 1 aliphatic rings. The van der Waals surface area contributed by atoms with E-state index < -0.39 is 17.8 Å². The summed E-state index contributed by atoms with van der Waals surface area (Å²) in [5.74, 6) is -1.40. The Balaban J connectivity index is 1.63. The number of aliphatic carboxylic acids is 1. The van der Waals surface area contributed by atoms with E-state index >= 15 is 0 Å². The molecule has 1 unspecified atom stereocenters. The van der Waals surface area contributed by atoms with E-state index in [1.807, 2.05) is 13.8 Å². The average molecular weight is 544 g/mol. The zero-order valence-corrected chi connectivity index (χ0v) is 22.3. The number of methoxy groups -OCH3 is 1. The Bertz CT molecular complexity index is 1210. The van der Waals surface area contributed by atoms with Crippen LogP contribution in [0.15, 0.2) is 36.5 Å². The Morgan fingerprint density at radius 2 is 2.00 bits per heavy atom. The summed E-state index contributed by atoms with van der Waals surface area (Å²) >= 11 is 0. The lowest BCUT2D eigenvalue weighted by molar-refractivity contribution is -0.149. The van der Waals surface area contributed by atoms with Crippen molar-refractivity contribution in [2.75, 3.05) is 37.4 Å². The zero-order valence-electron chi connectivity index (χ0n) is 22.3. The molecule has 2 heterocycles. The number of halogens is 1. The van der Waals surface area contributed by atoms with Crippen LogP contribution >= 0.6 is 0 Å². The molecule has 2 aromatic rings. The van der Waals surface area contributed by atoms with Crippen LogP contribution in [0.25, 0.3) is 0 Å². The highest BCUT2D eigenvalue weighted by Gasteiger charge is 2.35. The molecule has 0 aliphatic carbocycles. The van der Waals surface area contributed by atoms with Gasteiger partial charge in [-0.3, -0.25) is 19.7 Å². The lowest BCUT2D eigenvalue weighted by Crippen LogP contribution is -2.58. The van der Waals surface area contributed by atoms with E-state index in [-0.39, 0.29) is 54.7 Å². The molecule has 3 rings (SSSR count). The van der Waals surface area contributed by atoms with Gasteiger partial charge in [-0.15, -0.1) is 0 Å².